The largest absolute Gasteiger partial charge is 0.446 e. The highest BCUT2D eigenvalue weighted by Crippen LogP contribution is 2.36. The maximum absolute atomic E-state index is 12.3. The van der Waals surface area contributed by atoms with E-state index < -0.39 is 15.5 Å². The summed E-state index contributed by atoms with van der Waals surface area (Å²) in [5.74, 6) is 0.714. The SMILES string of the molecule is CC1CCN(CCNS(=O)(=O)c2ccc(SC(F)(F)F)cc2)CC1. The van der Waals surface area contributed by atoms with Gasteiger partial charge >= 0.3 is 5.51 Å². The second-order valence-electron chi connectivity index (χ2n) is 5.94. The summed E-state index contributed by atoms with van der Waals surface area (Å²) in [5.41, 5.74) is -4.38. The molecule has 0 saturated carbocycles. The molecule has 1 N–H and O–H groups in total. The average Bonchev–Trinajstić information content (AvgIpc) is 2.48. The van der Waals surface area contributed by atoms with E-state index in [4.69, 9.17) is 0 Å². The van der Waals surface area contributed by atoms with Gasteiger partial charge in [-0.15, -0.1) is 0 Å². The summed E-state index contributed by atoms with van der Waals surface area (Å²) >= 11 is -0.265. The lowest BCUT2D eigenvalue weighted by molar-refractivity contribution is -0.0328. The second kappa shape index (κ2) is 8.07. The molecule has 0 atom stereocenters. The molecule has 2 rings (SSSR count). The minimum atomic E-state index is -4.38. The lowest BCUT2D eigenvalue weighted by Crippen LogP contribution is -2.39. The van der Waals surface area contributed by atoms with E-state index in [1.165, 1.54) is 24.3 Å². The molecule has 4 nitrogen and oxygen atoms in total. The Morgan fingerprint density at radius 2 is 1.79 bits per heavy atom. The van der Waals surface area contributed by atoms with Crippen molar-refractivity contribution >= 4 is 21.8 Å². The van der Waals surface area contributed by atoms with Crippen molar-refractivity contribution in [3.8, 4) is 0 Å². The summed E-state index contributed by atoms with van der Waals surface area (Å²) < 4.78 is 63.6. The van der Waals surface area contributed by atoms with E-state index >= 15 is 0 Å². The molecule has 1 fully saturated rings. The van der Waals surface area contributed by atoms with Gasteiger partial charge in [-0.2, -0.15) is 13.2 Å². The number of halogens is 3. The van der Waals surface area contributed by atoms with Gasteiger partial charge in [0, 0.05) is 18.0 Å². The van der Waals surface area contributed by atoms with Crippen LogP contribution >= 0.6 is 11.8 Å². The first-order valence-electron chi connectivity index (χ1n) is 7.73. The predicted octanol–water partition coefficient (Wildman–Crippen LogP) is 3.31. The quantitative estimate of drug-likeness (QED) is 0.767. The topological polar surface area (TPSA) is 49.4 Å². The zero-order valence-corrected chi connectivity index (χ0v) is 15.0. The van der Waals surface area contributed by atoms with Gasteiger partial charge in [0.1, 0.15) is 0 Å². The van der Waals surface area contributed by atoms with Crippen LogP contribution in [-0.2, 0) is 10.0 Å². The molecule has 0 aliphatic carbocycles. The average molecular weight is 382 g/mol. The third-order valence-electron chi connectivity index (χ3n) is 3.96. The van der Waals surface area contributed by atoms with Crippen molar-refractivity contribution in [2.24, 2.45) is 5.92 Å². The summed E-state index contributed by atoms with van der Waals surface area (Å²) in [7, 11) is -3.70. The molecular formula is C15H21F3N2O2S2. The van der Waals surface area contributed by atoms with Crippen molar-refractivity contribution in [3.05, 3.63) is 24.3 Å². The van der Waals surface area contributed by atoms with Gasteiger partial charge < -0.3 is 4.90 Å². The highest BCUT2D eigenvalue weighted by atomic mass is 32.2. The molecule has 1 aromatic rings. The van der Waals surface area contributed by atoms with Crippen molar-refractivity contribution < 1.29 is 21.6 Å². The van der Waals surface area contributed by atoms with Gasteiger partial charge in [-0.3, -0.25) is 0 Å². The van der Waals surface area contributed by atoms with Crippen LogP contribution in [0.2, 0.25) is 0 Å². The standard InChI is InChI=1S/C15H21F3N2O2S2/c1-12-6-9-20(10-7-12)11-8-19-24(21,22)14-4-2-13(3-5-14)23-15(16,17)18/h2-5,12,19H,6-11H2,1H3. The molecule has 136 valence electrons. The Hall–Kier alpha value is -0.770. The Morgan fingerprint density at radius 1 is 1.21 bits per heavy atom. The molecule has 1 aromatic carbocycles. The number of nitrogens with one attached hydrogen (secondary N) is 1. The molecule has 1 aliphatic heterocycles. The van der Waals surface area contributed by atoms with Crippen LogP contribution in [0.25, 0.3) is 0 Å². The molecule has 0 bridgehead atoms. The fourth-order valence-corrected chi connectivity index (χ4v) is 4.09. The molecule has 0 radical (unpaired) electrons. The summed E-state index contributed by atoms with van der Waals surface area (Å²) in [6, 6.07) is 4.72. The van der Waals surface area contributed by atoms with Gasteiger partial charge in [0.15, 0.2) is 0 Å². The van der Waals surface area contributed by atoms with Crippen LogP contribution in [-0.4, -0.2) is 45.0 Å². The van der Waals surface area contributed by atoms with Gasteiger partial charge in [0.05, 0.1) is 4.90 Å². The maximum Gasteiger partial charge on any atom is 0.446 e. The van der Waals surface area contributed by atoms with Crippen LogP contribution in [0, 0.1) is 5.92 Å². The monoisotopic (exact) mass is 382 g/mol. The Bertz CT molecular complexity index is 625. The zero-order valence-electron chi connectivity index (χ0n) is 13.3. The van der Waals surface area contributed by atoms with Gasteiger partial charge in [0.2, 0.25) is 10.0 Å². The third kappa shape index (κ3) is 6.27. The first-order valence-corrected chi connectivity index (χ1v) is 10.0. The minimum absolute atomic E-state index is 0.0266. The summed E-state index contributed by atoms with van der Waals surface area (Å²) in [5, 5.41) is 0. The van der Waals surface area contributed by atoms with Gasteiger partial charge in [-0.25, -0.2) is 13.1 Å². The van der Waals surface area contributed by atoms with Gasteiger partial charge in [-0.1, -0.05) is 6.92 Å². The summed E-state index contributed by atoms with van der Waals surface area (Å²) in [6.45, 7) is 5.06. The molecule has 0 unspecified atom stereocenters. The van der Waals surface area contributed by atoms with E-state index in [1.54, 1.807) is 0 Å². The lowest BCUT2D eigenvalue weighted by Gasteiger charge is -2.30. The van der Waals surface area contributed by atoms with Crippen LogP contribution in [0.3, 0.4) is 0 Å². The molecule has 0 amide bonds. The molecule has 0 spiro atoms. The molecule has 24 heavy (non-hydrogen) atoms. The van der Waals surface area contributed by atoms with Gasteiger partial charge in [-0.05, 0) is 67.9 Å². The molecule has 9 heteroatoms. The van der Waals surface area contributed by atoms with Crippen molar-refractivity contribution in [2.75, 3.05) is 26.2 Å². The van der Waals surface area contributed by atoms with E-state index in [1.807, 2.05) is 0 Å². The lowest BCUT2D eigenvalue weighted by atomic mass is 9.99. The van der Waals surface area contributed by atoms with Crippen LogP contribution in [0.5, 0.6) is 0 Å². The molecule has 1 aliphatic rings. The number of sulfonamides is 1. The number of likely N-dealkylation sites (tertiary alicyclic amines) is 1. The molecule has 1 heterocycles. The van der Waals surface area contributed by atoms with Crippen molar-refractivity contribution in [3.63, 3.8) is 0 Å². The van der Waals surface area contributed by atoms with Crippen LogP contribution < -0.4 is 4.72 Å². The number of thioether (sulfide) groups is 1. The number of benzene rings is 1. The fraction of sp³-hybridized carbons (Fsp3) is 0.600. The number of piperidine rings is 1. The van der Waals surface area contributed by atoms with E-state index in [2.05, 4.69) is 16.5 Å². The molecular weight excluding hydrogens is 361 g/mol. The van der Waals surface area contributed by atoms with Crippen LogP contribution in [0.15, 0.2) is 34.1 Å². The first-order chi connectivity index (χ1) is 11.2. The van der Waals surface area contributed by atoms with Crippen LogP contribution in [0.1, 0.15) is 19.8 Å². The Kier molecular flexibility index (Phi) is 6.58. The number of hydrogen-bond acceptors (Lipinski definition) is 4. The van der Waals surface area contributed by atoms with E-state index in [0.717, 1.165) is 25.9 Å². The number of hydrogen-bond donors (Lipinski definition) is 1. The normalized spacial score (nSPS) is 18.0. The Labute approximate surface area is 144 Å². The highest BCUT2D eigenvalue weighted by molar-refractivity contribution is 8.00. The maximum atomic E-state index is 12.3. The molecule has 1 saturated heterocycles. The second-order valence-corrected chi connectivity index (χ2v) is 8.85. The fourth-order valence-electron chi connectivity index (χ4n) is 2.53. The number of rotatable bonds is 6. The van der Waals surface area contributed by atoms with Crippen molar-refractivity contribution in [1.29, 1.82) is 0 Å². The van der Waals surface area contributed by atoms with E-state index in [0.29, 0.717) is 12.5 Å². The zero-order chi connectivity index (χ0) is 17.8. The summed E-state index contributed by atoms with van der Waals surface area (Å²) in [6.07, 6.45) is 2.23. The Balaban J connectivity index is 1.86. The first kappa shape index (κ1) is 19.6. The number of alkyl halides is 3. The van der Waals surface area contributed by atoms with Crippen LogP contribution in [0.4, 0.5) is 13.2 Å². The van der Waals surface area contributed by atoms with Crippen molar-refractivity contribution in [1.82, 2.24) is 9.62 Å². The van der Waals surface area contributed by atoms with Gasteiger partial charge in [0.25, 0.3) is 0 Å². The number of nitrogens with zero attached hydrogens (tertiary/aromatic N) is 1. The minimum Gasteiger partial charge on any atom is -0.302 e. The smallest absolute Gasteiger partial charge is 0.302 e. The van der Waals surface area contributed by atoms with Crippen molar-refractivity contribution in [2.45, 2.75) is 35.1 Å². The highest BCUT2D eigenvalue weighted by Gasteiger charge is 2.29. The molecule has 0 aromatic heterocycles. The Morgan fingerprint density at radius 3 is 2.33 bits per heavy atom. The van der Waals surface area contributed by atoms with E-state index in [9.17, 15) is 21.6 Å². The predicted molar refractivity (Wildman–Crippen MR) is 88.4 cm³/mol. The van der Waals surface area contributed by atoms with E-state index in [-0.39, 0.29) is 28.1 Å². The third-order valence-corrected chi connectivity index (χ3v) is 6.18. The summed E-state index contributed by atoms with van der Waals surface area (Å²) in [4.78, 5) is 2.15.